The molecule has 2 rings (SSSR count). The first kappa shape index (κ1) is 15.0. The lowest BCUT2D eigenvalue weighted by atomic mass is 10.1. The second kappa shape index (κ2) is 6.37. The summed E-state index contributed by atoms with van der Waals surface area (Å²) >= 11 is 0. The van der Waals surface area contributed by atoms with Crippen molar-refractivity contribution in [2.75, 3.05) is 6.61 Å². The van der Waals surface area contributed by atoms with Gasteiger partial charge in [-0.05, 0) is 19.4 Å². The summed E-state index contributed by atoms with van der Waals surface area (Å²) < 4.78 is 7.12. The van der Waals surface area contributed by atoms with Crippen LogP contribution in [0.5, 0.6) is 0 Å². The number of rotatable bonds is 5. The van der Waals surface area contributed by atoms with Gasteiger partial charge in [0, 0.05) is 18.4 Å². The third-order valence-corrected chi connectivity index (χ3v) is 3.28. The van der Waals surface area contributed by atoms with Crippen LogP contribution in [-0.2, 0) is 11.5 Å². The minimum absolute atomic E-state index is 0.202. The molecule has 0 aliphatic heterocycles. The molecule has 0 spiro atoms. The molecule has 1 aromatic carbocycles. The van der Waals surface area contributed by atoms with Crippen molar-refractivity contribution < 1.29 is 14.6 Å². The average Bonchev–Trinajstić information content (AvgIpc) is 2.46. The van der Waals surface area contributed by atoms with E-state index in [0.717, 1.165) is 5.56 Å². The minimum Gasteiger partial charge on any atom is -0.477 e. The predicted molar refractivity (Wildman–Crippen MR) is 79.5 cm³/mol. The van der Waals surface area contributed by atoms with E-state index in [1.54, 1.807) is 11.5 Å². The Kier molecular flexibility index (Phi) is 4.55. The minimum atomic E-state index is -1.22. The fourth-order valence-electron chi connectivity index (χ4n) is 2.23. The van der Waals surface area contributed by atoms with Gasteiger partial charge in [0.15, 0.2) is 5.43 Å². The molecule has 0 unspecified atom stereocenters. The summed E-state index contributed by atoms with van der Waals surface area (Å²) in [6.07, 6.45) is 0. The Morgan fingerprint density at radius 3 is 2.52 bits per heavy atom. The normalized spacial score (nSPS) is 10.6. The average molecular weight is 287 g/mol. The number of carboxylic acid groups (broad SMARTS) is 1. The second-order valence-corrected chi connectivity index (χ2v) is 4.58. The maximum absolute atomic E-state index is 12.1. The van der Waals surface area contributed by atoms with Crippen LogP contribution in [0.4, 0.5) is 0 Å². The summed E-state index contributed by atoms with van der Waals surface area (Å²) in [4.78, 5) is 23.3. The van der Waals surface area contributed by atoms with Crippen LogP contribution in [0.1, 0.15) is 23.0 Å². The van der Waals surface area contributed by atoms with Gasteiger partial charge in [-0.25, -0.2) is 4.79 Å². The molecule has 0 aliphatic rings. The molecular weight excluding hydrogens is 270 g/mol. The van der Waals surface area contributed by atoms with Crippen LogP contribution in [0.15, 0.2) is 41.2 Å². The van der Waals surface area contributed by atoms with Gasteiger partial charge in [0.1, 0.15) is 12.3 Å². The number of ether oxygens (including phenoxy) is 1. The number of aromatic nitrogens is 1. The van der Waals surface area contributed by atoms with E-state index in [0.29, 0.717) is 18.0 Å². The Labute approximate surface area is 122 Å². The van der Waals surface area contributed by atoms with Crippen molar-refractivity contribution in [1.82, 2.24) is 4.57 Å². The third-order valence-electron chi connectivity index (χ3n) is 3.28. The number of hydrogen-bond acceptors (Lipinski definition) is 3. The summed E-state index contributed by atoms with van der Waals surface area (Å²) in [5, 5.41) is 9.20. The molecule has 110 valence electrons. The van der Waals surface area contributed by atoms with E-state index in [-0.39, 0.29) is 12.3 Å². The zero-order valence-corrected chi connectivity index (χ0v) is 12.0. The standard InChI is InChI=1S/C16H17NO4/c1-3-21-10-17-11(2)15(16(19)20)14(18)9-13(17)12-7-5-4-6-8-12/h4-9H,3,10H2,1-2H3,(H,19,20). The maximum atomic E-state index is 12.1. The Morgan fingerprint density at radius 2 is 1.95 bits per heavy atom. The maximum Gasteiger partial charge on any atom is 0.341 e. The molecule has 0 saturated heterocycles. The van der Waals surface area contributed by atoms with Crippen molar-refractivity contribution in [2.45, 2.75) is 20.6 Å². The van der Waals surface area contributed by atoms with E-state index in [1.165, 1.54) is 6.07 Å². The van der Waals surface area contributed by atoms with Crippen molar-refractivity contribution in [1.29, 1.82) is 0 Å². The monoisotopic (exact) mass is 287 g/mol. The number of aromatic carboxylic acids is 1. The van der Waals surface area contributed by atoms with Crippen molar-refractivity contribution in [3.8, 4) is 11.3 Å². The highest BCUT2D eigenvalue weighted by molar-refractivity contribution is 5.89. The van der Waals surface area contributed by atoms with E-state index in [1.807, 2.05) is 37.3 Å². The smallest absolute Gasteiger partial charge is 0.341 e. The van der Waals surface area contributed by atoms with Gasteiger partial charge in [-0.1, -0.05) is 30.3 Å². The van der Waals surface area contributed by atoms with Crippen molar-refractivity contribution in [3.05, 3.63) is 57.9 Å². The first-order valence-electron chi connectivity index (χ1n) is 6.67. The summed E-state index contributed by atoms with van der Waals surface area (Å²) in [5.74, 6) is -1.22. The van der Waals surface area contributed by atoms with Crippen molar-refractivity contribution in [3.63, 3.8) is 0 Å². The lowest BCUT2D eigenvalue weighted by Crippen LogP contribution is -2.23. The van der Waals surface area contributed by atoms with Crippen LogP contribution in [0.3, 0.4) is 0 Å². The Balaban J connectivity index is 2.69. The van der Waals surface area contributed by atoms with E-state index in [9.17, 15) is 14.7 Å². The molecule has 0 radical (unpaired) electrons. The van der Waals surface area contributed by atoms with Crippen molar-refractivity contribution in [2.24, 2.45) is 0 Å². The first-order chi connectivity index (χ1) is 10.1. The summed E-state index contributed by atoms with van der Waals surface area (Å²) in [7, 11) is 0. The second-order valence-electron chi connectivity index (χ2n) is 4.58. The molecule has 0 amide bonds. The lowest BCUT2D eigenvalue weighted by Gasteiger charge is -2.18. The molecule has 21 heavy (non-hydrogen) atoms. The highest BCUT2D eigenvalue weighted by atomic mass is 16.5. The summed E-state index contributed by atoms with van der Waals surface area (Å²) in [6, 6.07) is 10.7. The molecule has 5 heteroatoms. The zero-order valence-electron chi connectivity index (χ0n) is 12.0. The highest BCUT2D eigenvalue weighted by Gasteiger charge is 2.18. The van der Waals surface area contributed by atoms with Gasteiger partial charge >= 0.3 is 5.97 Å². The SMILES string of the molecule is CCOCn1c(-c2ccccc2)cc(=O)c(C(=O)O)c1C. The van der Waals surface area contributed by atoms with Gasteiger partial charge in [-0.3, -0.25) is 4.79 Å². The molecule has 0 saturated carbocycles. The van der Waals surface area contributed by atoms with Crippen LogP contribution in [-0.4, -0.2) is 22.2 Å². The predicted octanol–water partition coefficient (Wildman–Crippen LogP) is 2.52. The van der Waals surface area contributed by atoms with Gasteiger partial charge in [-0.15, -0.1) is 0 Å². The van der Waals surface area contributed by atoms with Gasteiger partial charge in [0.2, 0.25) is 0 Å². The van der Waals surface area contributed by atoms with E-state index >= 15 is 0 Å². The molecule has 1 N–H and O–H groups in total. The molecule has 0 bridgehead atoms. The Hall–Kier alpha value is -2.40. The fourth-order valence-corrected chi connectivity index (χ4v) is 2.23. The van der Waals surface area contributed by atoms with Crippen LogP contribution in [0.25, 0.3) is 11.3 Å². The van der Waals surface area contributed by atoms with E-state index in [2.05, 4.69) is 0 Å². The first-order valence-corrected chi connectivity index (χ1v) is 6.67. The molecule has 1 aromatic heterocycles. The van der Waals surface area contributed by atoms with Gasteiger partial charge in [-0.2, -0.15) is 0 Å². The Bertz CT molecular complexity index is 704. The van der Waals surface area contributed by atoms with E-state index < -0.39 is 11.4 Å². The van der Waals surface area contributed by atoms with Gasteiger partial charge in [0.05, 0.1) is 5.69 Å². The molecule has 0 atom stereocenters. The van der Waals surface area contributed by atoms with Gasteiger partial charge < -0.3 is 14.4 Å². The number of carboxylic acids is 1. The van der Waals surface area contributed by atoms with E-state index in [4.69, 9.17) is 4.74 Å². The molecule has 1 heterocycles. The largest absolute Gasteiger partial charge is 0.477 e. The zero-order chi connectivity index (χ0) is 15.4. The molecule has 0 fully saturated rings. The van der Waals surface area contributed by atoms with Crippen LogP contribution in [0, 0.1) is 6.92 Å². The Morgan fingerprint density at radius 1 is 1.29 bits per heavy atom. The fraction of sp³-hybridized carbons (Fsp3) is 0.250. The summed E-state index contributed by atoms with van der Waals surface area (Å²) in [6.45, 7) is 4.18. The molecule has 2 aromatic rings. The quantitative estimate of drug-likeness (QED) is 0.917. The molecular formula is C16H17NO4. The number of pyridine rings is 1. The van der Waals surface area contributed by atoms with Crippen LogP contribution < -0.4 is 5.43 Å². The third kappa shape index (κ3) is 3.03. The van der Waals surface area contributed by atoms with Crippen LogP contribution >= 0.6 is 0 Å². The molecule has 5 nitrogen and oxygen atoms in total. The van der Waals surface area contributed by atoms with Crippen molar-refractivity contribution >= 4 is 5.97 Å². The topological polar surface area (TPSA) is 68.5 Å². The number of benzene rings is 1. The summed E-state index contributed by atoms with van der Waals surface area (Å²) in [5.41, 5.74) is 1.18. The molecule has 0 aliphatic carbocycles. The number of hydrogen-bond donors (Lipinski definition) is 1. The number of nitrogens with zero attached hydrogens (tertiary/aromatic N) is 1. The number of carbonyl (C=O) groups is 1. The highest BCUT2D eigenvalue weighted by Crippen LogP contribution is 2.20. The van der Waals surface area contributed by atoms with Crippen LogP contribution in [0.2, 0.25) is 0 Å². The van der Waals surface area contributed by atoms with Gasteiger partial charge in [0.25, 0.3) is 0 Å². The lowest BCUT2D eigenvalue weighted by molar-refractivity contribution is 0.0686.